The highest BCUT2D eigenvalue weighted by Crippen LogP contribution is 2.26. The van der Waals surface area contributed by atoms with Crippen LogP contribution in [-0.4, -0.2) is 52.5 Å². The molecule has 10 nitrogen and oxygen atoms in total. The quantitative estimate of drug-likeness (QED) is 0.339. The fraction of sp³-hybridized carbons (Fsp3) is 0.609. The van der Waals surface area contributed by atoms with E-state index in [4.69, 9.17) is 25.6 Å². The fourth-order valence-corrected chi connectivity index (χ4v) is 3.72. The SMILES string of the molecule is Cc1nc(/C(N)=C(\CNc2noc(CCOC(C)C)n2)N(C)N)ccc1OC1CCCCC1. The molecule has 5 N–H and O–H groups in total. The first-order valence-corrected chi connectivity index (χ1v) is 11.6. The van der Waals surface area contributed by atoms with Crippen molar-refractivity contribution in [2.45, 2.75) is 71.5 Å². The van der Waals surface area contributed by atoms with E-state index in [-0.39, 0.29) is 12.2 Å². The number of pyridine rings is 1. The number of hydrogen-bond acceptors (Lipinski definition) is 10. The number of aromatic nitrogens is 3. The molecule has 0 aromatic carbocycles. The number of anilines is 1. The predicted molar refractivity (Wildman–Crippen MR) is 127 cm³/mol. The molecule has 3 rings (SSSR count). The van der Waals surface area contributed by atoms with E-state index in [2.05, 4.69) is 20.4 Å². The number of nitrogens with one attached hydrogen (secondary N) is 1. The highest BCUT2D eigenvalue weighted by molar-refractivity contribution is 5.64. The van der Waals surface area contributed by atoms with E-state index in [9.17, 15) is 0 Å². The van der Waals surface area contributed by atoms with Gasteiger partial charge in [-0.1, -0.05) is 6.42 Å². The highest BCUT2D eigenvalue weighted by atomic mass is 16.5. The lowest BCUT2D eigenvalue weighted by atomic mass is 9.98. The van der Waals surface area contributed by atoms with E-state index in [0.29, 0.717) is 48.5 Å². The molecule has 1 aliphatic carbocycles. The summed E-state index contributed by atoms with van der Waals surface area (Å²) in [4.78, 5) is 9.00. The number of aryl methyl sites for hydroxylation is 1. The largest absolute Gasteiger partial charge is 0.489 e. The second-order valence-corrected chi connectivity index (χ2v) is 8.66. The molecule has 2 heterocycles. The highest BCUT2D eigenvalue weighted by Gasteiger charge is 2.18. The van der Waals surface area contributed by atoms with Crippen molar-refractivity contribution in [3.63, 3.8) is 0 Å². The summed E-state index contributed by atoms with van der Waals surface area (Å²) >= 11 is 0. The zero-order valence-corrected chi connectivity index (χ0v) is 20.1. The van der Waals surface area contributed by atoms with Gasteiger partial charge in [-0.2, -0.15) is 4.98 Å². The number of nitrogens with zero attached hydrogens (tertiary/aromatic N) is 4. The number of ether oxygens (including phenoxy) is 2. The lowest BCUT2D eigenvalue weighted by Crippen LogP contribution is -2.32. The second-order valence-electron chi connectivity index (χ2n) is 8.66. The first kappa shape index (κ1) is 24.8. The van der Waals surface area contributed by atoms with Gasteiger partial charge in [0.2, 0.25) is 5.89 Å². The van der Waals surface area contributed by atoms with Crippen LogP contribution in [0.4, 0.5) is 5.95 Å². The van der Waals surface area contributed by atoms with Gasteiger partial charge in [0.25, 0.3) is 5.95 Å². The summed E-state index contributed by atoms with van der Waals surface area (Å²) in [5, 5.41) is 8.52. The number of rotatable bonds is 11. The first-order valence-electron chi connectivity index (χ1n) is 11.6. The summed E-state index contributed by atoms with van der Waals surface area (Å²) in [5.41, 5.74) is 9.00. The van der Waals surface area contributed by atoms with Gasteiger partial charge in [-0.05, 0) is 63.7 Å². The molecule has 1 saturated carbocycles. The molecule has 0 saturated heterocycles. The molecule has 1 aliphatic rings. The maximum absolute atomic E-state index is 6.44. The van der Waals surface area contributed by atoms with Crippen LogP contribution in [0.3, 0.4) is 0 Å². The smallest absolute Gasteiger partial charge is 0.263 e. The van der Waals surface area contributed by atoms with E-state index in [0.717, 1.165) is 24.3 Å². The van der Waals surface area contributed by atoms with Crippen LogP contribution in [0, 0.1) is 6.92 Å². The van der Waals surface area contributed by atoms with Crippen LogP contribution >= 0.6 is 0 Å². The Morgan fingerprint density at radius 3 is 2.67 bits per heavy atom. The second kappa shape index (κ2) is 11.9. The maximum atomic E-state index is 6.44. The van der Waals surface area contributed by atoms with Crippen molar-refractivity contribution >= 4 is 11.6 Å². The lowest BCUT2D eigenvalue weighted by molar-refractivity contribution is 0.0773. The summed E-state index contributed by atoms with van der Waals surface area (Å²) in [6.07, 6.45) is 6.90. The lowest BCUT2D eigenvalue weighted by Gasteiger charge is -2.24. The summed E-state index contributed by atoms with van der Waals surface area (Å²) in [6.45, 7) is 6.73. The molecular weight excluding hydrogens is 422 g/mol. The van der Waals surface area contributed by atoms with Gasteiger partial charge < -0.3 is 30.1 Å². The molecule has 2 aromatic heterocycles. The van der Waals surface area contributed by atoms with Gasteiger partial charge in [0.05, 0.1) is 54.6 Å². The van der Waals surface area contributed by atoms with Crippen LogP contribution in [0.5, 0.6) is 5.75 Å². The van der Waals surface area contributed by atoms with Gasteiger partial charge in [0.1, 0.15) is 5.75 Å². The molecular formula is C23H37N7O3. The molecule has 182 valence electrons. The minimum absolute atomic E-state index is 0.159. The van der Waals surface area contributed by atoms with Crippen molar-refractivity contribution in [1.82, 2.24) is 20.1 Å². The third kappa shape index (κ3) is 7.33. The predicted octanol–water partition coefficient (Wildman–Crippen LogP) is 3.00. The van der Waals surface area contributed by atoms with Gasteiger partial charge in [-0.3, -0.25) is 0 Å². The summed E-state index contributed by atoms with van der Waals surface area (Å²) < 4.78 is 16.9. The standard InChI is InChI=1S/C23H37N7O3/c1-15(2)31-13-12-21-28-23(29-33-21)26-14-19(30(4)25)22(24)18-10-11-20(16(3)27-18)32-17-8-6-5-7-9-17/h10-11,15,17H,5-9,12-14,24-25H2,1-4H3,(H,26,29)/b22-19-. The van der Waals surface area contributed by atoms with Crippen molar-refractivity contribution in [3.05, 3.63) is 35.1 Å². The van der Waals surface area contributed by atoms with Crippen molar-refractivity contribution in [3.8, 4) is 5.75 Å². The molecule has 0 unspecified atom stereocenters. The molecule has 2 aromatic rings. The van der Waals surface area contributed by atoms with Crippen LogP contribution in [0.25, 0.3) is 5.70 Å². The summed E-state index contributed by atoms with van der Waals surface area (Å²) in [5.74, 6) is 7.72. The average molecular weight is 460 g/mol. The van der Waals surface area contributed by atoms with Crippen molar-refractivity contribution in [2.75, 3.05) is 25.5 Å². The van der Waals surface area contributed by atoms with Crippen LogP contribution < -0.4 is 21.6 Å². The molecule has 0 atom stereocenters. The third-order valence-electron chi connectivity index (χ3n) is 5.54. The zero-order chi connectivity index (χ0) is 23.8. The van der Waals surface area contributed by atoms with Gasteiger partial charge in [-0.25, -0.2) is 10.8 Å². The molecule has 0 amide bonds. The Morgan fingerprint density at radius 2 is 2.00 bits per heavy atom. The molecule has 0 bridgehead atoms. The number of hydrazine groups is 1. The van der Waals surface area contributed by atoms with Crippen molar-refractivity contribution < 1.29 is 14.0 Å². The third-order valence-corrected chi connectivity index (χ3v) is 5.54. The molecule has 0 spiro atoms. The molecule has 10 heteroatoms. The van der Waals surface area contributed by atoms with E-state index >= 15 is 0 Å². The van der Waals surface area contributed by atoms with Gasteiger partial charge >= 0.3 is 0 Å². The van der Waals surface area contributed by atoms with E-state index < -0.39 is 0 Å². The summed E-state index contributed by atoms with van der Waals surface area (Å²) in [7, 11) is 1.72. The van der Waals surface area contributed by atoms with Crippen LogP contribution in [-0.2, 0) is 11.2 Å². The van der Waals surface area contributed by atoms with Crippen molar-refractivity contribution in [2.24, 2.45) is 11.6 Å². The Hall–Kier alpha value is -2.85. The Balaban J connectivity index is 1.65. The summed E-state index contributed by atoms with van der Waals surface area (Å²) in [6, 6.07) is 3.80. The zero-order valence-electron chi connectivity index (χ0n) is 20.1. The van der Waals surface area contributed by atoms with Gasteiger partial charge in [0.15, 0.2) is 0 Å². The van der Waals surface area contributed by atoms with Crippen LogP contribution in [0.15, 0.2) is 22.4 Å². The minimum atomic E-state index is 0.159. The van der Waals surface area contributed by atoms with E-state index in [1.54, 1.807) is 7.05 Å². The normalized spacial score (nSPS) is 15.5. The topological polar surface area (TPSA) is 138 Å². The van der Waals surface area contributed by atoms with Crippen LogP contribution in [0.2, 0.25) is 0 Å². The molecule has 33 heavy (non-hydrogen) atoms. The Morgan fingerprint density at radius 1 is 1.24 bits per heavy atom. The molecule has 1 fully saturated rings. The van der Waals surface area contributed by atoms with E-state index in [1.807, 2.05) is 32.9 Å². The molecule has 0 aliphatic heterocycles. The fourth-order valence-electron chi connectivity index (χ4n) is 3.72. The van der Waals surface area contributed by atoms with Crippen LogP contribution in [0.1, 0.15) is 63.2 Å². The monoisotopic (exact) mass is 459 g/mol. The van der Waals surface area contributed by atoms with E-state index in [1.165, 1.54) is 24.3 Å². The van der Waals surface area contributed by atoms with Gasteiger partial charge in [0, 0.05) is 7.05 Å². The average Bonchev–Trinajstić information content (AvgIpc) is 3.23. The Bertz CT molecular complexity index is 921. The first-order chi connectivity index (χ1) is 15.8. The minimum Gasteiger partial charge on any atom is -0.489 e. The van der Waals surface area contributed by atoms with Gasteiger partial charge in [-0.15, -0.1) is 0 Å². The number of hydrogen-bond donors (Lipinski definition) is 3. The maximum Gasteiger partial charge on any atom is 0.263 e. The molecule has 0 radical (unpaired) electrons. The Kier molecular flexibility index (Phi) is 8.90. The number of likely N-dealkylation sites (N-methyl/N-ethyl adjacent to an activating group) is 1. The van der Waals surface area contributed by atoms with Crippen molar-refractivity contribution in [1.29, 1.82) is 0 Å². The number of nitrogens with two attached hydrogens (primary N) is 2. The Labute approximate surface area is 195 Å².